The Hall–Kier alpha value is -1.56. The Labute approximate surface area is 145 Å². The van der Waals surface area contributed by atoms with E-state index in [1.54, 1.807) is 17.8 Å². The molecule has 2 aliphatic rings. The van der Waals surface area contributed by atoms with Crippen molar-refractivity contribution in [2.75, 3.05) is 6.54 Å². The van der Waals surface area contributed by atoms with Crippen LogP contribution in [-0.4, -0.2) is 39.2 Å². The molecule has 0 saturated carbocycles. The number of hydrogen-bond acceptors (Lipinski definition) is 3. The molecule has 4 nitrogen and oxygen atoms in total. The van der Waals surface area contributed by atoms with Gasteiger partial charge in [-0.2, -0.15) is 0 Å². The summed E-state index contributed by atoms with van der Waals surface area (Å²) in [4.78, 5) is 26.5. The molecule has 0 aliphatic carbocycles. The summed E-state index contributed by atoms with van der Waals surface area (Å²) >= 11 is 1.62. The van der Waals surface area contributed by atoms with Gasteiger partial charge < -0.3 is 10.0 Å². The first-order valence-electron chi connectivity index (χ1n) is 8.13. The quantitative estimate of drug-likeness (QED) is 0.751. The maximum Gasteiger partial charge on any atom is 0.407 e. The molecular weight excluding hydrogens is 329 g/mol. The number of ketones is 1. The number of carbonyl (C=O) groups is 2. The second kappa shape index (κ2) is 5.76. The van der Waals surface area contributed by atoms with Crippen molar-refractivity contribution in [1.29, 1.82) is 0 Å². The molecule has 1 saturated heterocycles. The van der Waals surface area contributed by atoms with E-state index in [1.807, 2.05) is 20.8 Å². The Bertz CT molecular complexity index is 700. The minimum absolute atomic E-state index is 0.0420. The van der Waals surface area contributed by atoms with Gasteiger partial charge in [0.15, 0.2) is 5.78 Å². The van der Waals surface area contributed by atoms with E-state index >= 15 is 0 Å². The highest BCUT2D eigenvalue weighted by Gasteiger charge is 2.49. The summed E-state index contributed by atoms with van der Waals surface area (Å²) in [5.41, 5.74) is 0.247. The van der Waals surface area contributed by atoms with Crippen LogP contribution in [0.5, 0.6) is 0 Å². The van der Waals surface area contributed by atoms with E-state index in [4.69, 9.17) is 0 Å². The highest BCUT2D eigenvalue weighted by Crippen LogP contribution is 2.52. The molecule has 2 atom stereocenters. The van der Waals surface area contributed by atoms with E-state index in [2.05, 4.69) is 0 Å². The normalized spacial score (nSPS) is 27.2. The number of likely N-dealkylation sites (tertiary alicyclic amines) is 1. The fourth-order valence-electron chi connectivity index (χ4n) is 3.77. The Morgan fingerprint density at radius 3 is 2.75 bits per heavy atom. The summed E-state index contributed by atoms with van der Waals surface area (Å²) in [5.74, 6) is -0.438. The zero-order valence-electron chi connectivity index (χ0n) is 14.1. The van der Waals surface area contributed by atoms with Gasteiger partial charge in [-0.3, -0.25) is 4.79 Å². The topological polar surface area (TPSA) is 57.6 Å². The first kappa shape index (κ1) is 17.3. The lowest BCUT2D eigenvalue weighted by atomic mass is 9.75. The van der Waals surface area contributed by atoms with Crippen LogP contribution < -0.4 is 0 Å². The Morgan fingerprint density at radius 1 is 1.42 bits per heavy atom. The predicted octanol–water partition coefficient (Wildman–Crippen LogP) is 4.43. The number of carboxylic acid groups (broad SMARTS) is 1. The van der Waals surface area contributed by atoms with Crippen LogP contribution in [0, 0.1) is 11.2 Å². The second-order valence-corrected chi connectivity index (χ2v) is 9.35. The minimum atomic E-state index is -0.903. The van der Waals surface area contributed by atoms with Crippen LogP contribution in [0.1, 0.15) is 50.4 Å². The molecule has 1 amide bonds. The van der Waals surface area contributed by atoms with Crippen molar-refractivity contribution in [3.05, 3.63) is 29.6 Å². The molecule has 130 valence electrons. The second-order valence-electron chi connectivity index (χ2n) is 7.84. The summed E-state index contributed by atoms with van der Waals surface area (Å²) in [7, 11) is 0. The standard InChI is InChI=1S/C18H22FNO3S/c1-17(2,3)15-10-18(6-7-20(15)16(22)23)9-13(21)12-8-11(19)4-5-14(12)24-18/h4-5,8,15H,6-7,9-10H2,1-3H3,(H,22,23). The molecule has 1 fully saturated rings. The van der Waals surface area contributed by atoms with Crippen molar-refractivity contribution in [3.8, 4) is 0 Å². The number of rotatable bonds is 0. The van der Waals surface area contributed by atoms with Crippen molar-refractivity contribution >= 4 is 23.6 Å². The number of nitrogens with zero attached hydrogens (tertiary/aromatic N) is 1. The van der Waals surface area contributed by atoms with E-state index in [0.717, 1.165) is 4.90 Å². The van der Waals surface area contributed by atoms with Gasteiger partial charge in [0.1, 0.15) is 5.82 Å². The number of Topliss-reactive ketones (excluding diaryl/α,β-unsaturated/α-hetero) is 1. The molecule has 1 aromatic rings. The number of hydrogen-bond donors (Lipinski definition) is 1. The van der Waals surface area contributed by atoms with Crippen molar-refractivity contribution in [1.82, 2.24) is 4.90 Å². The number of thioether (sulfide) groups is 1. The van der Waals surface area contributed by atoms with Crippen LogP contribution in [0.4, 0.5) is 9.18 Å². The van der Waals surface area contributed by atoms with Crippen LogP contribution in [0.15, 0.2) is 23.1 Å². The summed E-state index contributed by atoms with van der Waals surface area (Å²) < 4.78 is 13.1. The molecule has 2 aliphatic heterocycles. The summed E-state index contributed by atoms with van der Waals surface area (Å²) in [5, 5.41) is 9.51. The molecule has 1 N–H and O–H groups in total. The molecule has 3 rings (SSSR count). The van der Waals surface area contributed by atoms with E-state index in [-0.39, 0.29) is 22.0 Å². The van der Waals surface area contributed by atoms with Gasteiger partial charge in [-0.25, -0.2) is 9.18 Å². The lowest BCUT2D eigenvalue weighted by Gasteiger charge is -2.50. The first-order valence-corrected chi connectivity index (χ1v) is 8.94. The number of amides is 1. The van der Waals surface area contributed by atoms with Crippen LogP contribution in [0.2, 0.25) is 0 Å². The lowest BCUT2D eigenvalue weighted by molar-refractivity contribution is 0.0454. The van der Waals surface area contributed by atoms with Crippen molar-refractivity contribution in [3.63, 3.8) is 0 Å². The maximum atomic E-state index is 13.4. The molecule has 6 heteroatoms. The molecule has 24 heavy (non-hydrogen) atoms. The Morgan fingerprint density at radius 2 is 2.12 bits per heavy atom. The van der Waals surface area contributed by atoms with Crippen molar-refractivity contribution < 1.29 is 19.1 Å². The molecule has 1 aromatic carbocycles. The van der Waals surface area contributed by atoms with Gasteiger partial charge in [-0.1, -0.05) is 20.8 Å². The van der Waals surface area contributed by atoms with Crippen LogP contribution in [-0.2, 0) is 0 Å². The molecule has 0 aromatic heterocycles. The first-order chi connectivity index (χ1) is 11.1. The molecule has 2 heterocycles. The summed E-state index contributed by atoms with van der Waals surface area (Å²) in [6, 6.07) is 4.21. The number of carbonyl (C=O) groups excluding carboxylic acids is 1. The maximum absolute atomic E-state index is 13.4. The van der Waals surface area contributed by atoms with Gasteiger partial charge in [0.2, 0.25) is 0 Å². The van der Waals surface area contributed by atoms with E-state index < -0.39 is 11.9 Å². The van der Waals surface area contributed by atoms with E-state index in [9.17, 15) is 19.1 Å². The van der Waals surface area contributed by atoms with Gasteiger partial charge in [-0.05, 0) is 36.5 Å². The van der Waals surface area contributed by atoms with Crippen molar-refractivity contribution in [2.24, 2.45) is 5.41 Å². The van der Waals surface area contributed by atoms with Gasteiger partial charge in [-0.15, -0.1) is 11.8 Å². The van der Waals surface area contributed by atoms with Gasteiger partial charge in [0.05, 0.1) is 0 Å². The molecular formula is C18H22FNO3S. The number of benzene rings is 1. The minimum Gasteiger partial charge on any atom is -0.465 e. The Balaban J connectivity index is 1.94. The van der Waals surface area contributed by atoms with E-state index in [0.29, 0.717) is 31.4 Å². The zero-order chi connectivity index (χ0) is 17.7. The molecule has 0 radical (unpaired) electrons. The van der Waals surface area contributed by atoms with Gasteiger partial charge in [0, 0.05) is 34.2 Å². The Kier molecular flexibility index (Phi) is 4.14. The monoisotopic (exact) mass is 351 g/mol. The van der Waals surface area contributed by atoms with Gasteiger partial charge >= 0.3 is 6.09 Å². The number of fused-ring (bicyclic) bond motifs is 1. The average Bonchev–Trinajstić information content (AvgIpc) is 2.47. The highest BCUT2D eigenvalue weighted by molar-refractivity contribution is 8.01. The third kappa shape index (κ3) is 3.04. The summed E-state index contributed by atoms with van der Waals surface area (Å²) in [6.07, 6.45) is 0.711. The van der Waals surface area contributed by atoms with Crippen LogP contribution in [0.3, 0.4) is 0 Å². The molecule has 0 bridgehead atoms. The van der Waals surface area contributed by atoms with Crippen molar-refractivity contribution in [2.45, 2.75) is 55.7 Å². The third-order valence-electron chi connectivity index (χ3n) is 5.05. The third-order valence-corrected chi connectivity index (χ3v) is 6.57. The largest absolute Gasteiger partial charge is 0.465 e. The SMILES string of the molecule is CC(C)(C)C1CC2(CCN1C(=O)O)CC(=O)c1cc(F)ccc1S2. The fourth-order valence-corrected chi connectivity index (χ4v) is 5.29. The zero-order valence-corrected chi connectivity index (χ0v) is 15.0. The lowest BCUT2D eigenvalue weighted by Crippen LogP contribution is -2.56. The number of piperidine rings is 1. The van der Waals surface area contributed by atoms with Gasteiger partial charge in [0.25, 0.3) is 0 Å². The smallest absolute Gasteiger partial charge is 0.407 e. The molecule has 1 spiro atoms. The molecule has 2 unspecified atom stereocenters. The number of halogens is 1. The summed E-state index contributed by atoms with van der Waals surface area (Å²) in [6.45, 7) is 6.52. The highest BCUT2D eigenvalue weighted by atomic mass is 32.2. The fraction of sp³-hybridized carbons (Fsp3) is 0.556. The van der Waals surface area contributed by atoms with Crippen LogP contribution >= 0.6 is 11.8 Å². The van der Waals surface area contributed by atoms with E-state index in [1.165, 1.54) is 17.0 Å². The van der Waals surface area contributed by atoms with Crippen LogP contribution in [0.25, 0.3) is 0 Å². The average molecular weight is 351 g/mol. The predicted molar refractivity (Wildman–Crippen MR) is 91.1 cm³/mol.